The lowest BCUT2D eigenvalue weighted by atomic mass is 10.0. The molecule has 0 radical (unpaired) electrons. The smallest absolute Gasteiger partial charge is 0.319 e. The van der Waals surface area contributed by atoms with Gasteiger partial charge in [-0.25, -0.2) is 22.9 Å². The van der Waals surface area contributed by atoms with E-state index in [0.717, 1.165) is 12.1 Å². The summed E-state index contributed by atoms with van der Waals surface area (Å²) in [5, 5.41) is 8.58. The number of carbonyl (C=O) groups excluding carboxylic acids is 1. The van der Waals surface area contributed by atoms with E-state index in [9.17, 15) is 13.6 Å². The number of amides is 2. The molecule has 1 unspecified atom stereocenters. The van der Waals surface area contributed by atoms with E-state index in [2.05, 4.69) is 20.7 Å². The van der Waals surface area contributed by atoms with Crippen LogP contribution in [-0.4, -0.2) is 31.9 Å². The number of aromatic nitrogens is 4. The average Bonchev–Trinajstić information content (AvgIpc) is 3.48. The van der Waals surface area contributed by atoms with Crippen molar-refractivity contribution in [1.82, 2.24) is 24.6 Å². The number of anilines is 1. The lowest BCUT2D eigenvalue weighted by Crippen LogP contribution is -2.42. The van der Waals surface area contributed by atoms with E-state index in [1.807, 2.05) is 0 Å². The summed E-state index contributed by atoms with van der Waals surface area (Å²) in [6, 6.07) is 7.87. The number of fused-ring (bicyclic) bond motifs is 3. The number of nitrogens with one attached hydrogen (secondary N) is 2. The van der Waals surface area contributed by atoms with Gasteiger partial charge in [0.1, 0.15) is 11.6 Å². The molecule has 10 heteroatoms. The molecule has 0 aliphatic carbocycles. The Morgan fingerprint density at radius 2 is 1.94 bits per heavy atom. The fourth-order valence-electron chi connectivity index (χ4n) is 3.92. The standard InChI is InChI=1S/C22H17F3N6O/c1-30-10-13(8-28-30)15-6-18(24)19(7-17(15)23)29-21(32)27-11-22(25)16-5-3-2-4-14(16)20-9-26-12-31(20)22/h2-10,12H,11H2,1H3,(H2,27,29,32). The quantitative estimate of drug-likeness (QED) is 0.505. The van der Waals surface area contributed by atoms with Gasteiger partial charge in [0.2, 0.25) is 5.79 Å². The Balaban J connectivity index is 1.34. The number of imidazole rings is 1. The molecule has 2 aromatic carbocycles. The lowest BCUT2D eigenvalue weighted by Gasteiger charge is -2.24. The molecule has 162 valence electrons. The van der Waals surface area contributed by atoms with Gasteiger partial charge in [-0.3, -0.25) is 9.25 Å². The highest BCUT2D eigenvalue weighted by atomic mass is 19.1. The monoisotopic (exact) mass is 438 g/mol. The van der Waals surface area contributed by atoms with Crippen molar-refractivity contribution in [2.45, 2.75) is 5.79 Å². The van der Waals surface area contributed by atoms with Gasteiger partial charge in [-0.1, -0.05) is 24.3 Å². The third kappa shape index (κ3) is 3.11. The second-order valence-corrected chi connectivity index (χ2v) is 7.48. The van der Waals surface area contributed by atoms with Crippen molar-refractivity contribution in [3.8, 4) is 22.4 Å². The maximum atomic E-state index is 16.0. The highest BCUT2D eigenvalue weighted by Gasteiger charge is 2.43. The Labute approximate surface area is 180 Å². The number of hydrogen-bond donors (Lipinski definition) is 2. The van der Waals surface area contributed by atoms with Crippen LogP contribution in [-0.2, 0) is 12.8 Å². The van der Waals surface area contributed by atoms with Gasteiger partial charge in [0.15, 0.2) is 0 Å². The Morgan fingerprint density at radius 3 is 2.72 bits per heavy atom. The van der Waals surface area contributed by atoms with Gasteiger partial charge in [-0.05, 0) is 6.07 Å². The maximum absolute atomic E-state index is 16.0. The summed E-state index contributed by atoms with van der Waals surface area (Å²) < 4.78 is 47.8. The van der Waals surface area contributed by atoms with E-state index in [4.69, 9.17) is 0 Å². The molecule has 0 saturated heterocycles. The van der Waals surface area contributed by atoms with Crippen LogP contribution in [0.1, 0.15) is 5.56 Å². The molecule has 0 fully saturated rings. The molecular weight excluding hydrogens is 421 g/mol. The Bertz CT molecular complexity index is 1350. The van der Waals surface area contributed by atoms with E-state index in [1.54, 1.807) is 43.7 Å². The third-order valence-electron chi connectivity index (χ3n) is 5.44. The van der Waals surface area contributed by atoms with Gasteiger partial charge in [-0.2, -0.15) is 5.10 Å². The van der Waals surface area contributed by atoms with Crippen molar-refractivity contribution in [1.29, 1.82) is 0 Å². The number of alkyl halides is 1. The van der Waals surface area contributed by atoms with Crippen LogP contribution in [0, 0.1) is 11.6 Å². The number of aryl methyl sites for hydroxylation is 1. The van der Waals surface area contributed by atoms with Gasteiger partial charge in [0, 0.05) is 41.6 Å². The van der Waals surface area contributed by atoms with Crippen LogP contribution in [0.15, 0.2) is 61.3 Å². The minimum atomic E-state index is -2.06. The number of carbonyl (C=O) groups is 1. The zero-order chi connectivity index (χ0) is 22.5. The molecule has 5 rings (SSSR count). The first-order chi connectivity index (χ1) is 15.4. The minimum Gasteiger partial charge on any atom is -0.332 e. The van der Waals surface area contributed by atoms with E-state index >= 15 is 4.39 Å². The summed E-state index contributed by atoms with van der Waals surface area (Å²) in [4.78, 5) is 16.4. The summed E-state index contributed by atoms with van der Waals surface area (Å²) in [6.07, 6.45) is 5.84. The van der Waals surface area contributed by atoms with E-state index in [0.29, 0.717) is 22.4 Å². The average molecular weight is 438 g/mol. The van der Waals surface area contributed by atoms with Crippen LogP contribution >= 0.6 is 0 Å². The van der Waals surface area contributed by atoms with Gasteiger partial charge < -0.3 is 10.6 Å². The number of urea groups is 1. The molecule has 2 amide bonds. The highest BCUT2D eigenvalue weighted by Crippen LogP contribution is 2.43. The fraction of sp³-hybridized carbons (Fsp3) is 0.136. The summed E-state index contributed by atoms with van der Waals surface area (Å²) in [5.74, 6) is -3.63. The van der Waals surface area contributed by atoms with Crippen molar-refractivity contribution in [3.05, 3.63) is 78.5 Å². The van der Waals surface area contributed by atoms with Crippen LogP contribution < -0.4 is 10.6 Å². The predicted octanol–water partition coefficient (Wildman–Crippen LogP) is 4.03. The third-order valence-corrected chi connectivity index (χ3v) is 5.44. The fourth-order valence-corrected chi connectivity index (χ4v) is 3.92. The SMILES string of the molecule is Cn1cc(-c2cc(F)c(NC(=O)NCC3(F)c4ccccc4-c4cncn43)cc2F)cn1. The topological polar surface area (TPSA) is 76.8 Å². The van der Waals surface area contributed by atoms with Gasteiger partial charge in [0.25, 0.3) is 0 Å². The second-order valence-electron chi connectivity index (χ2n) is 7.48. The van der Waals surface area contributed by atoms with Crippen molar-refractivity contribution in [2.75, 3.05) is 11.9 Å². The first-order valence-electron chi connectivity index (χ1n) is 9.71. The molecule has 3 heterocycles. The molecular formula is C22H17F3N6O. The molecule has 1 aliphatic heterocycles. The molecule has 1 aliphatic rings. The lowest BCUT2D eigenvalue weighted by molar-refractivity contribution is 0.132. The van der Waals surface area contributed by atoms with Crippen LogP contribution in [0.4, 0.5) is 23.7 Å². The summed E-state index contributed by atoms with van der Waals surface area (Å²) >= 11 is 0. The van der Waals surface area contributed by atoms with Crippen molar-refractivity contribution in [2.24, 2.45) is 7.05 Å². The van der Waals surface area contributed by atoms with Gasteiger partial charge in [-0.15, -0.1) is 0 Å². The maximum Gasteiger partial charge on any atom is 0.319 e. The Kier molecular flexibility index (Phi) is 4.50. The molecule has 0 spiro atoms. The van der Waals surface area contributed by atoms with Crippen LogP contribution in [0.25, 0.3) is 22.4 Å². The van der Waals surface area contributed by atoms with Gasteiger partial charge in [0.05, 0.1) is 36.6 Å². The van der Waals surface area contributed by atoms with Crippen molar-refractivity contribution >= 4 is 11.7 Å². The number of nitrogens with zero attached hydrogens (tertiary/aromatic N) is 4. The Morgan fingerprint density at radius 1 is 1.12 bits per heavy atom. The van der Waals surface area contributed by atoms with Crippen molar-refractivity contribution < 1.29 is 18.0 Å². The molecule has 0 saturated carbocycles. The number of hydrogen-bond acceptors (Lipinski definition) is 3. The Hall–Kier alpha value is -4.08. The largest absolute Gasteiger partial charge is 0.332 e. The van der Waals surface area contributed by atoms with E-state index in [1.165, 1.54) is 21.8 Å². The molecule has 1 atom stereocenters. The normalized spacial score (nSPS) is 16.5. The van der Waals surface area contributed by atoms with Crippen molar-refractivity contribution in [3.63, 3.8) is 0 Å². The highest BCUT2D eigenvalue weighted by molar-refractivity contribution is 5.90. The van der Waals surface area contributed by atoms with Gasteiger partial charge >= 0.3 is 6.03 Å². The summed E-state index contributed by atoms with van der Waals surface area (Å²) in [6.45, 7) is -0.433. The summed E-state index contributed by atoms with van der Waals surface area (Å²) in [7, 11) is 1.66. The zero-order valence-corrected chi connectivity index (χ0v) is 16.8. The molecule has 2 aromatic heterocycles. The second kappa shape index (κ2) is 7.26. The number of benzene rings is 2. The first kappa shape index (κ1) is 19.9. The molecule has 7 nitrogen and oxygen atoms in total. The van der Waals surface area contributed by atoms with Crippen LogP contribution in [0.5, 0.6) is 0 Å². The summed E-state index contributed by atoms with van der Waals surface area (Å²) in [5.41, 5.74) is 1.69. The van der Waals surface area contributed by atoms with E-state index < -0.39 is 30.0 Å². The zero-order valence-electron chi connectivity index (χ0n) is 16.8. The van der Waals surface area contributed by atoms with E-state index in [-0.39, 0.29) is 11.3 Å². The number of rotatable bonds is 4. The minimum absolute atomic E-state index is 0.0134. The van der Waals surface area contributed by atoms with Crippen LogP contribution in [0.3, 0.4) is 0 Å². The molecule has 32 heavy (non-hydrogen) atoms. The molecule has 4 aromatic rings. The number of halogens is 3. The predicted molar refractivity (Wildman–Crippen MR) is 111 cm³/mol. The first-order valence-corrected chi connectivity index (χ1v) is 9.71. The molecule has 2 N–H and O–H groups in total. The van der Waals surface area contributed by atoms with Crippen LogP contribution in [0.2, 0.25) is 0 Å². The molecule has 0 bridgehead atoms.